The number of esters is 1. The maximum atomic E-state index is 12.3. The summed E-state index contributed by atoms with van der Waals surface area (Å²) in [6, 6.07) is 0. The zero-order valence-electron chi connectivity index (χ0n) is 12.8. The first-order valence-corrected chi connectivity index (χ1v) is 9.09. The molecule has 122 valence electrons. The Morgan fingerprint density at radius 3 is 2.38 bits per heavy atom. The van der Waals surface area contributed by atoms with Crippen molar-refractivity contribution in [1.29, 1.82) is 0 Å². The fourth-order valence-electron chi connectivity index (χ4n) is 2.80. The molecular formula is C14H24O6S. The predicted molar refractivity (Wildman–Crippen MR) is 77.5 cm³/mol. The Morgan fingerprint density at radius 1 is 1.38 bits per heavy atom. The molecule has 1 N–H and O–H groups in total. The number of rotatable bonds is 7. The second-order valence-corrected chi connectivity index (χ2v) is 8.26. The summed E-state index contributed by atoms with van der Waals surface area (Å²) in [4.78, 5) is 24.2. The molecule has 0 aromatic heterocycles. The van der Waals surface area contributed by atoms with Crippen molar-refractivity contribution >= 4 is 21.8 Å². The molecule has 1 heterocycles. The predicted octanol–water partition coefficient (Wildman–Crippen LogP) is 1.49. The van der Waals surface area contributed by atoms with E-state index in [2.05, 4.69) is 0 Å². The Labute approximate surface area is 125 Å². The Kier molecular flexibility index (Phi) is 5.78. The molecule has 0 spiro atoms. The van der Waals surface area contributed by atoms with E-state index in [0.29, 0.717) is 6.42 Å². The van der Waals surface area contributed by atoms with Gasteiger partial charge in [-0.25, -0.2) is 8.42 Å². The van der Waals surface area contributed by atoms with E-state index in [1.54, 1.807) is 6.92 Å². The van der Waals surface area contributed by atoms with Crippen molar-refractivity contribution in [2.75, 3.05) is 18.1 Å². The highest BCUT2D eigenvalue weighted by Crippen LogP contribution is 2.42. The second kappa shape index (κ2) is 6.77. The third kappa shape index (κ3) is 3.96. The van der Waals surface area contributed by atoms with E-state index in [1.807, 2.05) is 13.8 Å². The van der Waals surface area contributed by atoms with Gasteiger partial charge in [0, 0.05) is 5.92 Å². The first-order chi connectivity index (χ1) is 9.65. The van der Waals surface area contributed by atoms with E-state index >= 15 is 0 Å². The molecule has 7 heteroatoms. The van der Waals surface area contributed by atoms with Gasteiger partial charge in [-0.05, 0) is 32.1 Å². The first kappa shape index (κ1) is 17.9. The molecule has 21 heavy (non-hydrogen) atoms. The van der Waals surface area contributed by atoms with Gasteiger partial charge in [-0.1, -0.05) is 13.8 Å². The zero-order valence-corrected chi connectivity index (χ0v) is 13.6. The highest BCUT2D eigenvalue weighted by Gasteiger charge is 2.56. The summed E-state index contributed by atoms with van der Waals surface area (Å²) in [6.07, 6.45) is 0.840. The topological polar surface area (TPSA) is 97.7 Å². The number of hydrogen-bond acceptors (Lipinski definition) is 5. The second-order valence-electron chi connectivity index (χ2n) is 6.03. The van der Waals surface area contributed by atoms with Crippen LogP contribution in [0.25, 0.3) is 0 Å². The lowest BCUT2D eigenvalue weighted by Gasteiger charge is -2.32. The molecule has 1 rings (SSSR count). The third-order valence-electron chi connectivity index (χ3n) is 4.07. The van der Waals surface area contributed by atoms with Gasteiger partial charge < -0.3 is 9.84 Å². The lowest BCUT2D eigenvalue weighted by molar-refractivity contribution is -0.173. The van der Waals surface area contributed by atoms with Crippen LogP contribution in [0.4, 0.5) is 0 Å². The number of carboxylic acids is 1. The van der Waals surface area contributed by atoms with Gasteiger partial charge in [0.25, 0.3) is 0 Å². The van der Waals surface area contributed by atoms with Crippen LogP contribution in [0.2, 0.25) is 0 Å². The number of carboxylic acid groups (broad SMARTS) is 1. The number of carbonyl (C=O) groups excluding carboxylic acids is 1. The number of aliphatic carboxylic acids is 1. The van der Waals surface area contributed by atoms with Gasteiger partial charge in [0.1, 0.15) is 0 Å². The van der Waals surface area contributed by atoms with Crippen molar-refractivity contribution in [3.8, 4) is 0 Å². The van der Waals surface area contributed by atoms with Gasteiger partial charge >= 0.3 is 11.9 Å². The summed E-state index contributed by atoms with van der Waals surface area (Å²) in [7, 11) is -3.27. The van der Waals surface area contributed by atoms with E-state index in [0.717, 1.165) is 0 Å². The number of sulfone groups is 1. The molecule has 0 aromatic carbocycles. The van der Waals surface area contributed by atoms with Gasteiger partial charge in [-0.2, -0.15) is 0 Å². The van der Waals surface area contributed by atoms with Crippen LogP contribution in [-0.4, -0.2) is 43.6 Å². The zero-order chi connectivity index (χ0) is 16.3. The maximum absolute atomic E-state index is 12.3. The highest BCUT2D eigenvalue weighted by atomic mass is 32.2. The van der Waals surface area contributed by atoms with Gasteiger partial charge in [-0.3, -0.25) is 9.59 Å². The quantitative estimate of drug-likeness (QED) is 0.564. The van der Waals surface area contributed by atoms with E-state index in [1.165, 1.54) is 0 Å². The minimum absolute atomic E-state index is 0.0617. The summed E-state index contributed by atoms with van der Waals surface area (Å²) in [5.41, 5.74) is -1.75. The maximum Gasteiger partial charge on any atom is 0.323 e. The normalized spacial score (nSPS) is 23.7. The summed E-state index contributed by atoms with van der Waals surface area (Å²) < 4.78 is 28.3. The smallest absolute Gasteiger partial charge is 0.323 e. The van der Waals surface area contributed by atoms with Gasteiger partial charge in [0.2, 0.25) is 0 Å². The van der Waals surface area contributed by atoms with E-state index in [9.17, 15) is 23.1 Å². The van der Waals surface area contributed by atoms with Gasteiger partial charge in [0.15, 0.2) is 15.3 Å². The van der Waals surface area contributed by atoms with Crippen molar-refractivity contribution in [3.05, 3.63) is 0 Å². The van der Waals surface area contributed by atoms with Crippen LogP contribution in [0.15, 0.2) is 0 Å². The SMILES string of the molecule is CCOC(=O)C(CCC(C)C)(C(=O)O)C1CCS(=O)(=O)C1. The fourth-order valence-corrected chi connectivity index (χ4v) is 4.68. The molecule has 0 bridgehead atoms. The van der Waals surface area contributed by atoms with Gasteiger partial charge in [-0.15, -0.1) is 0 Å². The largest absolute Gasteiger partial charge is 0.480 e. The van der Waals surface area contributed by atoms with Crippen molar-refractivity contribution in [2.45, 2.75) is 40.0 Å². The molecule has 2 unspecified atom stereocenters. The number of hydrogen-bond donors (Lipinski definition) is 1. The fraction of sp³-hybridized carbons (Fsp3) is 0.857. The molecule has 0 radical (unpaired) electrons. The van der Waals surface area contributed by atoms with E-state index in [-0.39, 0.29) is 36.9 Å². The molecule has 1 aliphatic heterocycles. The Bertz CT molecular complexity index is 496. The molecule has 2 atom stereocenters. The monoisotopic (exact) mass is 320 g/mol. The van der Waals surface area contributed by atoms with Gasteiger partial charge in [0.05, 0.1) is 18.1 Å². The highest BCUT2D eigenvalue weighted by molar-refractivity contribution is 7.91. The minimum Gasteiger partial charge on any atom is -0.480 e. The number of ether oxygens (including phenoxy) is 1. The lowest BCUT2D eigenvalue weighted by Crippen LogP contribution is -2.47. The summed E-state index contributed by atoms with van der Waals surface area (Å²) in [5, 5.41) is 9.67. The van der Waals surface area contributed by atoms with Crippen LogP contribution in [0.5, 0.6) is 0 Å². The summed E-state index contributed by atoms with van der Waals surface area (Å²) >= 11 is 0. The summed E-state index contributed by atoms with van der Waals surface area (Å²) in [6.45, 7) is 5.56. The molecule has 0 saturated carbocycles. The van der Waals surface area contributed by atoms with Crippen molar-refractivity contribution < 1.29 is 27.9 Å². The van der Waals surface area contributed by atoms with Crippen molar-refractivity contribution in [1.82, 2.24) is 0 Å². The van der Waals surface area contributed by atoms with Crippen LogP contribution < -0.4 is 0 Å². The van der Waals surface area contributed by atoms with E-state index < -0.39 is 33.1 Å². The Balaban J connectivity index is 3.17. The van der Waals surface area contributed by atoms with Crippen LogP contribution in [-0.2, 0) is 24.2 Å². The standard InChI is InChI=1S/C14H24O6S/c1-4-20-13(17)14(12(15)16,7-5-10(2)3)11-6-8-21(18,19)9-11/h10-11H,4-9H2,1-3H3,(H,15,16). The molecule has 6 nitrogen and oxygen atoms in total. The molecule has 1 aliphatic rings. The van der Waals surface area contributed by atoms with Crippen LogP contribution >= 0.6 is 0 Å². The third-order valence-corrected chi connectivity index (χ3v) is 5.83. The lowest BCUT2D eigenvalue weighted by atomic mass is 9.70. The van der Waals surface area contributed by atoms with Crippen molar-refractivity contribution in [3.63, 3.8) is 0 Å². The van der Waals surface area contributed by atoms with Crippen LogP contribution in [0.1, 0.15) is 40.0 Å². The minimum atomic E-state index is -3.27. The molecule has 1 fully saturated rings. The van der Waals surface area contributed by atoms with Crippen LogP contribution in [0, 0.1) is 17.3 Å². The first-order valence-electron chi connectivity index (χ1n) is 7.26. The molecule has 0 amide bonds. The summed E-state index contributed by atoms with van der Waals surface area (Å²) in [5.74, 6) is -2.89. The average molecular weight is 320 g/mol. The molecule has 0 aromatic rings. The van der Waals surface area contributed by atoms with Crippen LogP contribution in [0.3, 0.4) is 0 Å². The number of carbonyl (C=O) groups is 2. The molecule has 1 saturated heterocycles. The van der Waals surface area contributed by atoms with E-state index in [4.69, 9.17) is 4.74 Å². The average Bonchev–Trinajstić information content (AvgIpc) is 2.70. The molecule has 0 aliphatic carbocycles. The van der Waals surface area contributed by atoms with Crippen molar-refractivity contribution in [2.24, 2.45) is 17.3 Å². The Hall–Kier alpha value is -1.11. The molecular weight excluding hydrogens is 296 g/mol. The Morgan fingerprint density at radius 2 is 2.00 bits per heavy atom.